The molecule has 0 radical (unpaired) electrons. The van der Waals surface area contributed by atoms with Crippen molar-refractivity contribution in [1.82, 2.24) is 0 Å². The molecule has 0 aliphatic heterocycles. The zero-order chi connectivity index (χ0) is 14.7. The molecule has 2 nitrogen and oxygen atoms in total. The van der Waals surface area contributed by atoms with Crippen molar-refractivity contribution in [1.29, 1.82) is 0 Å². The number of ether oxygens (including phenoxy) is 1. The molecule has 0 atom stereocenters. The van der Waals surface area contributed by atoms with Gasteiger partial charge in [0.05, 0.1) is 6.61 Å². The Morgan fingerprint density at radius 3 is 2.81 bits per heavy atom. The fourth-order valence-corrected chi connectivity index (χ4v) is 3.41. The second kappa shape index (κ2) is 6.19. The lowest BCUT2D eigenvalue weighted by molar-refractivity contribution is 0.340. The first kappa shape index (κ1) is 14.0. The van der Waals surface area contributed by atoms with E-state index in [1.165, 1.54) is 21.2 Å². The summed E-state index contributed by atoms with van der Waals surface area (Å²) in [4.78, 5) is 0. The number of fused-ring (bicyclic) bond motifs is 1. The maximum atomic E-state index is 5.52. The molecule has 0 aliphatic rings. The normalized spacial score (nSPS) is 10.8. The zero-order valence-electron chi connectivity index (χ0n) is 12.3. The monoisotopic (exact) mass is 297 g/mol. The third-order valence-corrected chi connectivity index (χ3v) is 4.55. The average Bonchev–Trinajstić information content (AvgIpc) is 2.90. The van der Waals surface area contributed by atoms with Crippen LogP contribution in [-0.2, 0) is 6.54 Å². The topological polar surface area (TPSA) is 21.3 Å². The van der Waals surface area contributed by atoms with Crippen LogP contribution in [-0.4, -0.2) is 6.61 Å². The predicted octanol–water partition coefficient (Wildman–Crippen LogP) is 5.22. The van der Waals surface area contributed by atoms with Gasteiger partial charge in [0.2, 0.25) is 0 Å². The highest BCUT2D eigenvalue weighted by Crippen LogP contribution is 2.27. The van der Waals surface area contributed by atoms with Crippen LogP contribution in [0.15, 0.2) is 47.8 Å². The number of hydrogen-bond donors (Lipinski definition) is 1. The Labute approximate surface area is 129 Å². The van der Waals surface area contributed by atoms with E-state index in [4.69, 9.17) is 4.74 Å². The smallest absolute Gasteiger partial charge is 0.119 e. The van der Waals surface area contributed by atoms with Crippen molar-refractivity contribution in [3.63, 3.8) is 0 Å². The zero-order valence-corrected chi connectivity index (χ0v) is 13.2. The Morgan fingerprint density at radius 1 is 1.14 bits per heavy atom. The molecule has 0 fully saturated rings. The standard InChI is InChI=1S/C18H19NOS/c1-3-20-15-8-9-17(13(2)10-15)19-11-14-12-21-18-7-5-4-6-16(14)18/h4-10,12,19H,3,11H2,1-2H3. The van der Waals surface area contributed by atoms with Crippen LogP contribution >= 0.6 is 11.3 Å². The summed E-state index contributed by atoms with van der Waals surface area (Å²) in [5, 5.41) is 7.11. The first-order valence-corrected chi connectivity index (χ1v) is 8.08. The third-order valence-electron chi connectivity index (χ3n) is 3.54. The molecule has 0 bridgehead atoms. The molecule has 3 aromatic rings. The van der Waals surface area contributed by atoms with Crippen molar-refractivity contribution < 1.29 is 4.74 Å². The van der Waals surface area contributed by atoms with E-state index >= 15 is 0 Å². The minimum Gasteiger partial charge on any atom is -0.494 e. The van der Waals surface area contributed by atoms with Crippen molar-refractivity contribution >= 4 is 27.1 Å². The highest BCUT2D eigenvalue weighted by atomic mass is 32.1. The molecule has 1 heterocycles. The largest absolute Gasteiger partial charge is 0.494 e. The molecule has 3 rings (SSSR count). The van der Waals surface area contributed by atoms with Crippen molar-refractivity contribution in [2.24, 2.45) is 0 Å². The molecule has 0 spiro atoms. The summed E-state index contributed by atoms with van der Waals surface area (Å²) in [6.07, 6.45) is 0. The van der Waals surface area contributed by atoms with Crippen LogP contribution in [0, 0.1) is 6.92 Å². The Kier molecular flexibility index (Phi) is 4.11. The van der Waals surface area contributed by atoms with Crippen LogP contribution in [0.1, 0.15) is 18.1 Å². The van der Waals surface area contributed by atoms with Gasteiger partial charge in [0.15, 0.2) is 0 Å². The van der Waals surface area contributed by atoms with E-state index in [1.807, 2.05) is 13.0 Å². The van der Waals surface area contributed by atoms with Gasteiger partial charge in [-0.15, -0.1) is 11.3 Å². The van der Waals surface area contributed by atoms with Crippen LogP contribution in [0.2, 0.25) is 0 Å². The highest BCUT2D eigenvalue weighted by Gasteiger charge is 2.05. The van der Waals surface area contributed by atoms with E-state index in [1.54, 1.807) is 11.3 Å². The van der Waals surface area contributed by atoms with Gasteiger partial charge in [-0.05, 0) is 60.0 Å². The van der Waals surface area contributed by atoms with Gasteiger partial charge >= 0.3 is 0 Å². The van der Waals surface area contributed by atoms with Crippen molar-refractivity contribution in [2.45, 2.75) is 20.4 Å². The first-order chi connectivity index (χ1) is 10.3. The summed E-state index contributed by atoms with van der Waals surface area (Å²) in [5.41, 5.74) is 3.72. The maximum Gasteiger partial charge on any atom is 0.119 e. The number of hydrogen-bond acceptors (Lipinski definition) is 3. The average molecular weight is 297 g/mol. The number of rotatable bonds is 5. The fourth-order valence-electron chi connectivity index (χ4n) is 2.45. The minimum atomic E-state index is 0.701. The van der Waals surface area contributed by atoms with Crippen molar-refractivity contribution in [3.8, 4) is 5.75 Å². The van der Waals surface area contributed by atoms with Crippen molar-refractivity contribution in [2.75, 3.05) is 11.9 Å². The van der Waals surface area contributed by atoms with Crippen LogP contribution in [0.3, 0.4) is 0 Å². The summed E-state index contributed by atoms with van der Waals surface area (Å²) in [6, 6.07) is 14.7. The maximum absolute atomic E-state index is 5.52. The quantitative estimate of drug-likeness (QED) is 0.697. The van der Waals surface area contributed by atoms with Gasteiger partial charge in [0, 0.05) is 16.9 Å². The molecule has 21 heavy (non-hydrogen) atoms. The summed E-state index contributed by atoms with van der Waals surface area (Å²) in [5.74, 6) is 0.932. The molecule has 0 unspecified atom stereocenters. The van der Waals surface area contributed by atoms with E-state index < -0.39 is 0 Å². The number of anilines is 1. The fraction of sp³-hybridized carbons (Fsp3) is 0.222. The van der Waals surface area contributed by atoms with E-state index in [9.17, 15) is 0 Å². The summed E-state index contributed by atoms with van der Waals surface area (Å²) in [6.45, 7) is 5.66. The van der Waals surface area contributed by atoms with Gasteiger partial charge in [0.25, 0.3) is 0 Å². The second-order valence-electron chi connectivity index (χ2n) is 5.02. The van der Waals surface area contributed by atoms with Crippen LogP contribution in [0.4, 0.5) is 5.69 Å². The molecule has 1 N–H and O–H groups in total. The summed E-state index contributed by atoms with van der Waals surface area (Å²) in [7, 11) is 0. The van der Waals surface area contributed by atoms with Crippen LogP contribution in [0.5, 0.6) is 5.75 Å². The van der Waals surface area contributed by atoms with Crippen molar-refractivity contribution in [3.05, 3.63) is 59.0 Å². The lowest BCUT2D eigenvalue weighted by atomic mass is 10.1. The molecule has 0 aliphatic carbocycles. The van der Waals surface area contributed by atoms with Gasteiger partial charge < -0.3 is 10.1 Å². The van der Waals surface area contributed by atoms with Crippen LogP contribution in [0.25, 0.3) is 10.1 Å². The summed E-state index contributed by atoms with van der Waals surface area (Å²) < 4.78 is 6.87. The Balaban J connectivity index is 1.75. The van der Waals surface area contributed by atoms with E-state index in [0.717, 1.165) is 18.0 Å². The SMILES string of the molecule is CCOc1ccc(NCc2csc3ccccc23)c(C)c1. The highest BCUT2D eigenvalue weighted by molar-refractivity contribution is 7.17. The Hall–Kier alpha value is -2.00. The Bertz CT molecular complexity index is 748. The lowest BCUT2D eigenvalue weighted by Crippen LogP contribution is -2.01. The molecule has 0 saturated carbocycles. The Morgan fingerprint density at radius 2 is 2.00 bits per heavy atom. The minimum absolute atomic E-state index is 0.701. The van der Waals surface area contributed by atoms with E-state index in [-0.39, 0.29) is 0 Å². The second-order valence-corrected chi connectivity index (χ2v) is 5.93. The molecule has 2 aromatic carbocycles. The number of aryl methyl sites for hydroxylation is 1. The van der Waals surface area contributed by atoms with Crippen LogP contribution < -0.4 is 10.1 Å². The molecule has 1 aromatic heterocycles. The molecule has 0 saturated heterocycles. The summed E-state index contributed by atoms with van der Waals surface area (Å²) >= 11 is 1.80. The molecule has 3 heteroatoms. The number of nitrogens with one attached hydrogen (secondary N) is 1. The van der Waals surface area contributed by atoms with Gasteiger partial charge in [0.1, 0.15) is 5.75 Å². The van der Waals surface area contributed by atoms with Gasteiger partial charge in [-0.1, -0.05) is 18.2 Å². The van der Waals surface area contributed by atoms with Gasteiger partial charge in [-0.3, -0.25) is 0 Å². The van der Waals surface area contributed by atoms with Gasteiger partial charge in [-0.2, -0.15) is 0 Å². The van der Waals surface area contributed by atoms with E-state index in [2.05, 4.69) is 54.0 Å². The predicted molar refractivity (Wildman–Crippen MR) is 91.5 cm³/mol. The first-order valence-electron chi connectivity index (χ1n) is 7.20. The molecular formula is C18H19NOS. The molecule has 0 amide bonds. The number of thiophene rings is 1. The number of benzene rings is 2. The van der Waals surface area contributed by atoms with E-state index in [0.29, 0.717) is 6.61 Å². The lowest BCUT2D eigenvalue weighted by Gasteiger charge is -2.11. The van der Waals surface area contributed by atoms with Gasteiger partial charge in [-0.25, -0.2) is 0 Å². The third kappa shape index (κ3) is 3.03. The molecule has 108 valence electrons. The molecular weight excluding hydrogens is 278 g/mol.